The Morgan fingerprint density at radius 2 is 1.67 bits per heavy atom. The molecule has 0 saturated heterocycles. The summed E-state index contributed by atoms with van der Waals surface area (Å²) in [6, 6.07) is 10.1. The van der Waals surface area contributed by atoms with Gasteiger partial charge >= 0.3 is 0 Å². The molecule has 1 aromatic rings. The molecular weight excluding hydrogens is 258 g/mol. The number of hydrogen-bond acceptors (Lipinski definition) is 2. The van der Waals surface area contributed by atoms with Gasteiger partial charge in [-0.15, -0.1) is 0 Å². The largest absolute Gasteiger partial charge is 0.396 e. The van der Waals surface area contributed by atoms with Gasteiger partial charge in [0.1, 0.15) is 0 Å². The molecule has 1 saturated carbocycles. The molecule has 3 rings (SSSR count). The summed E-state index contributed by atoms with van der Waals surface area (Å²) in [6.07, 6.45) is 6.06. The van der Waals surface area contributed by atoms with Gasteiger partial charge in [-0.25, -0.2) is 0 Å². The molecule has 0 aromatic heterocycles. The molecule has 2 N–H and O–H groups in total. The fourth-order valence-electron chi connectivity index (χ4n) is 4.42. The molecule has 21 heavy (non-hydrogen) atoms. The molecule has 0 radical (unpaired) electrons. The van der Waals surface area contributed by atoms with Gasteiger partial charge in [-0.3, -0.25) is 0 Å². The monoisotopic (exact) mass is 287 g/mol. The smallest absolute Gasteiger partial charge is 0.0445 e. The van der Waals surface area contributed by atoms with Crippen molar-refractivity contribution in [2.24, 2.45) is 17.8 Å². The average molecular weight is 287 g/mol. The standard InChI is InChI=1S/C19H29NO/c1-13(2)18(9-10-21)20-19-16-7-8-17(19)12-15-6-4-3-5-14(15)11-16/h3-6,13,16-21H,7-12H2,1-2H3. The fourth-order valence-corrected chi connectivity index (χ4v) is 4.42. The van der Waals surface area contributed by atoms with Crippen LogP contribution in [0.15, 0.2) is 24.3 Å². The van der Waals surface area contributed by atoms with Crippen LogP contribution in [-0.4, -0.2) is 23.8 Å². The Morgan fingerprint density at radius 1 is 1.10 bits per heavy atom. The number of rotatable bonds is 5. The van der Waals surface area contributed by atoms with Crippen molar-refractivity contribution in [3.63, 3.8) is 0 Å². The second-order valence-corrected chi connectivity index (χ2v) is 7.33. The molecular formula is C19H29NO. The zero-order valence-electron chi connectivity index (χ0n) is 13.4. The van der Waals surface area contributed by atoms with Crippen molar-refractivity contribution in [3.05, 3.63) is 35.4 Å². The third kappa shape index (κ3) is 3.17. The van der Waals surface area contributed by atoms with Crippen LogP contribution in [0.5, 0.6) is 0 Å². The van der Waals surface area contributed by atoms with E-state index < -0.39 is 0 Å². The number of hydrogen-bond donors (Lipinski definition) is 2. The second-order valence-electron chi connectivity index (χ2n) is 7.33. The minimum Gasteiger partial charge on any atom is -0.396 e. The molecule has 0 amide bonds. The van der Waals surface area contributed by atoms with Crippen LogP contribution in [0.2, 0.25) is 0 Å². The van der Waals surface area contributed by atoms with E-state index in [4.69, 9.17) is 0 Å². The van der Waals surface area contributed by atoms with Gasteiger partial charge in [0.05, 0.1) is 0 Å². The van der Waals surface area contributed by atoms with Crippen molar-refractivity contribution in [2.45, 2.75) is 58.0 Å². The summed E-state index contributed by atoms with van der Waals surface area (Å²) < 4.78 is 0. The lowest BCUT2D eigenvalue weighted by atomic mass is 9.91. The summed E-state index contributed by atoms with van der Waals surface area (Å²) in [5.41, 5.74) is 3.14. The topological polar surface area (TPSA) is 32.3 Å². The summed E-state index contributed by atoms with van der Waals surface area (Å²) in [5.74, 6) is 2.14. The predicted octanol–water partition coefficient (Wildman–Crippen LogP) is 3.18. The molecule has 1 fully saturated rings. The molecule has 0 heterocycles. The minimum atomic E-state index is 0.290. The highest BCUT2D eigenvalue weighted by molar-refractivity contribution is 5.30. The van der Waals surface area contributed by atoms with Crippen molar-refractivity contribution >= 4 is 0 Å². The molecule has 2 heteroatoms. The quantitative estimate of drug-likeness (QED) is 0.872. The fraction of sp³-hybridized carbons (Fsp3) is 0.684. The lowest BCUT2D eigenvalue weighted by molar-refractivity contribution is 0.212. The Kier molecular flexibility index (Phi) is 4.66. The molecule has 2 bridgehead atoms. The van der Waals surface area contributed by atoms with E-state index in [1.54, 1.807) is 11.1 Å². The molecule has 3 unspecified atom stereocenters. The summed E-state index contributed by atoms with van der Waals surface area (Å²) in [5, 5.41) is 13.3. The maximum Gasteiger partial charge on any atom is 0.0445 e. The highest BCUT2D eigenvalue weighted by atomic mass is 16.3. The Hall–Kier alpha value is -0.860. The molecule has 0 aliphatic heterocycles. The van der Waals surface area contributed by atoms with Gasteiger partial charge < -0.3 is 10.4 Å². The summed E-state index contributed by atoms with van der Waals surface area (Å²) in [7, 11) is 0. The van der Waals surface area contributed by atoms with Crippen molar-refractivity contribution in [1.82, 2.24) is 5.32 Å². The second kappa shape index (κ2) is 6.50. The van der Waals surface area contributed by atoms with Gasteiger partial charge in [0.15, 0.2) is 0 Å². The third-order valence-electron chi connectivity index (χ3n) is 5.66. The lowest BCUT2D eigenvalue weighted by Gasteiger charge is -2.31. The summed E-state index contributed by atoms with van der Waals surface area (Å²) in [4.78, 5) is 0. The molecule has 1 aromatic carbocycles. The average Bonchev–Trinajstić information content (AvgIpc) is 2.73. The van der Waals surface area contributed by atoms with Gasteiger partial charge in [0, 0.05) is 18.7 Å². The normalized spacial score (nSPS) is 29.2. The predicted molar refractivity (Wildman–Crippen MR) is 87.3 cm³/mol. The number of aliphatic hydroxyl groups is 1. The third-order valence-corrected chi connectivity index (χ3v) is 5.66. The van der Waals surface area contributed by atoms with Crippen LogP contribution >= 0.6 is 0 Å². The molecule has 2 aliphatic carbocycles. The molecule has 2 aliphatic rings. The van der Waals surface area contributed by atoms with Crippen LogP contribution in [0.4, 0.5) is 0 Å². The van der Waals surface area contributed by atoms with Crippen molar-refractivity contribution in [3.8, 4) is 0 Å². The van der Waals surface area contributed by atoms with Gasteiger partial charge in [0.25, 0.3) is 0 Å². The maximum atomic E-state index is 9.32. The zero-order chi connectivity index (χ0) is 14.8. The van der Waals surface area contributed by atoms with Crippen molar-refractivity contribution < 1.29 is 5.11 Å². The highest BCUT2D eigenvalue weighted by Gasteiger charge is 2.39. The van der Waals surface area contributed by atoms with Crippen LogP contribution in [0.3, 0.4) is 0 Å². The van der Waals surface area contributed by atoms with Crippen LogP contribution < -0.4 is 5.32 Å². The van der Waals surface area contributed by atoms with Gasteiger partial charge in [-0.05, 0) is 61.0 Å². The Morgan fingerprint density at radius 3 is 2.14 bits per heavy atom. The van der Waals surface area contributed by atoms with E-state index in [1.807, 2.05) is 0 Å². The van der Waals surface area contributed by atoms with E-state index in [0.717, 1.165) is 18.3 Å². The first-order chi connectivity index (χ1) is 10.2. The lowest BCUT2D eigenvalue weighted by Crippen LogP contribution is -2.47. The van der Waals surface area contributed by atoms with Crippen molar-refractivity contribution in [1.29, 1.82) is 0 Å². The van der Waals surface area contributed by atoms with Gasteiger partial charge in [-0.2, -0.15) is 0 Å². The molecule has 0 spiro atoms. The maximum absolute atomic E-state index is 9.32. The van der Waals surface area contributed by atoms with Crippen LogP contribution in [0.1, 0.15) is 44.2 Å². The summed E-state index contributed by atoms with van der Waals surface area (Å²) >= 11 is 0. The van der Waals surface area contributed by atoms with E-state index in [2.05, 4.69) is 43.4 Å². The number of fused-ring (bicyclic) bond motifs is 3. The number of aliphatic hydroxyl groups excluding tert-OH is 1. The molecule has 3 atom stereocenters. The first-order valence-electron chi connectivity index (χ1n) is 8.62. The molecule has 2 nitrogen and oxygen atoms in total. The van der Waals surface area contributed by atoms with E-state index >= 15 is 0 Å². The van der Waals surface area contributed by atoms with Crippen molar-refractivity contribution in [2.75, 3.05) is 6.61 Å². The van der Waals surface area contributed by atoms with Crippen LogP contribution in [-0.2, 0) is 12.8 Å². The van der Waals surface area contributed by atoms with E-state index in [0.29, 0.717) is 18.0 Å². The first kappa shape index (κ1) is 15.1. The highest BCUT2D eigenvalue weighted by Crippen LogP contribution is 2.40. The number of benzene rings is 1. The van der Waals surface area contributed by atoms with E-state index in [-0.39, 0.29) is 6.61 Å². The molecule has 116 valence electrons. The van der Waals surface area contributed by atoms with E-state index in [9.17, 15) is 5.11 Å². The SMILES string of the molecule is CC(C)C(CCO)NC1C2CCC1Cc1ccccc1C2. The Labute approximate surface area is 129 Å². The van der Waals surface area contributed by atoms with Gasteiger partial charge in [-0.1, -0.05) is 38.1 Å². The van der Waals surface area contributed by atoms with Crippen LogP contribution in [0.25, 0.3) is 0 Å². The van der Waals surface area contributed by atoms with Crippen LogP contribution in [0, 0.1) is 17.8 Å². The minimum absolute atomic E-state index is 0.290. The Bertz CT molecular complexity index is 437. The number of nitrogens with one attached hydrogen (secondary N) is 1. The first-order valence-corrected chi connectivity index (χ1v) is 8.62. The van der Waals surface area contributed by atoms with E-state index in [1.165, 1.54) is 25.7 Å². The Balaban J connectivity index is 1.76. The zero-order valence-corrected chi connectivity index (χ0v) is 13.4. The summed E-state index contributed by atoms with van der Waals surface area (Å²) in [6.45, 7) is 4.82. The van der Waals surface area contributed by atoms with Gasteiger partial charge in [0.2, 0.25) is 0 Å².